The number of amides is 5. The van der Waals surface area contributed by atoms with Crippen LogP contribution in [0.25, 0.3) is 0 Å². The summed E-state index contributed by atoms with van der Waals surface area (Å²) in [4.78, 5) is 48.0. The van der Waals surface area contributed by atoms with Gasteiger partial charge in [0.25, 0.3) is 0 Å². The van der Waals surface area contributed by atoms with Crippen molar-refractivity contribution in [1.29, 1.82) is 0 Å². The predicted molar refractivity (Wildman–Crippen MR) is 59.9 cm³/mol. The predicted octanol–water partition coefficient (Wildman–Crippen LogP) is -0.501. The molecule has 1 spiro atoms. The van der Waals surface area contributed by atoms with Gasteiger partial charge < -0.3 is 5.73 Å². The van der Waals surface area contributed by atoms with Crippen LogP contribution in [0.5, 0.6) is 0 Å². The zero-order valence-electron chi connectivity index (χ0n) is 10.3. The Morgan fingerprint density at radius 2 is 1.89 bits per heavy atom. The van der Waals surface area contributed by atoms with Gasteiger partial charge in [-0.25, -0.2) is 9.69 Å². The third-order valence-corrected chi connectivity index (χ3v) is 3.84. The van der Waals surface area contributed by atoms with Crippen molar-refractivity contribution in [2.24, 2.45) is 11.1 Å². The molecule has 3 N–H and O–H groups in total. The van der Waals surface area contributed by atoms with E-state index in [9.17, 15) is 19.2 Å². The fourth-order valence-electron chi connectivity index (χ4n) is 2.27. The normalized spacial score (nSPS) is 22.8. The molecule has 0 aromatic rings. The Bertz CT molecular complexity index is 465. The van der Waals surface area contributed by atoms with Gasteiger partial charge >= 0.3 is 6.03 Å². The van der Waals surface area contributed by atoms with Crippen LogP contribution >= 0.6 is 0 Å². The quantitative estimate of drug-likeness (QED) is 0.646. The number of carbonyl (C=O) groups is 4. The van der Waals surface area contributed by atoms with Crippen LogP contribution in [0.1, 0.15) is 33.1 Å². The number of hydrogen-bond acceptors (Lipinski definition) is 4. The van der Waals surface area contributed by atoms with E-state index >= 15 is 0 Å². The molecule has 7 heteroatoms. The molecular formula is C11H15N3O4. The lowest BCUT2D eigenvalue weighted by Crippen LogP contribution is -2.72. The number of rotatable bonds is 2. The van der Waals surface area contributed by atoms with E-state index in [-0.39, 0.29) is 0 Å². The van der Waals surface area contributed by atoms with Crippen molar-refractivity contribution in [2.45, 2.75) is 38.6 Å². The second kappa shape index (κ2) is 3.54. The van der Waals surface area contributed by atoms with Crippen molar-refractivity contribution in [1.82, 2.24) is 10.2 Å². The molecule has 1 saturated carbocycles. The van der Waals surface area contributed by atoms with Crippen molar-refractivity contribution in [3.05, 3.63) is 0 Å². The first-order valence-corrected chi connectivity index (χ1v) is 5.73. The number of barbiturate groups is 1. The minimum atomic E-state index is -1.45. The maximum absolute atomic E-state index is 12.3. The van der Waals surface area contributed by atoms with E-state index in [0.717, 1.165) is 11.3 Å². The van der Waals surface area contributed by atoms with E-state index in [1.807, 2.05) is 0 Å². The first-order valence-electron chi connectivity index (χ1n) is 5.73. The summed E-state index contributed by atoms with van der Waals surface area (Å²) < 4.78 is 0. The average molecular weight is 253 g/mol. The van der Waals surface area contributed by atoms with Gasteiger partial charge in [-0.15, -0.1) is 0 Å². The minimum absolute atomic E-state index is 0.399. The van der Waals surface area contributed by atoms with Crippen LogP contribution in [0.2, 0.25) is 0 Å². The molecule has 0 radical (unpaired) electrons. The number of imide groups is 2. The number of carbonyl (C=O) groups excluding carboxylic acids is 4. The van der Waals surface area contributed by atoms with Crippen molar-refractivity contribution in [2.75, 3.05) is 0 Å². The Morgan fingerprint density at radius 1 is 1.33 bits per heavy atom. The first-order chi connectivity index (χ1) is 8.23. The number of nitrogens with one attached hydrogen (secondary N) is 1. The molecule has 18 heavy (non-hydrogen) atoms. The monoisotopic (exact) mass is 253 g/mol. The van der Waals surface area contributed by atoms with E-state index in [1.165, 1.54) is 13.8 Å². The number of urea groups is 1. The highest BCUT2D eigenvalue weighted by atomic mass is 16.2. The van der Waals surface area contributed by atoms with Crippen LogP contribution in [-0.4, -0.2) is 34.2 Å². The SMILES string of the molecule is CC(C)(C(N)=O)N1C(=O)NC(=O)C2(CCC2)C1=O. The van der Waals surface area contributed by atoms with Crippen LogP contribution in [0.3, 0.4) is 0 Å². The summed E-state index contributed by atoms with van der Waals surface area (Å²) in [5, 5.41) is 2.13. The average Bonchev–Trinajstić information content (AvgIpc) is 2.13. The summed E-state index contributed by atoms with van der Waals surface area (Å²) in [6.07, 6.45) is 1.55. The van der Waals surface area contributed by atoms with Crippen LogP contribution < -0.4 is 11.1 Å². The van der Waals surface area contributed by atoms with E-state index in [0.29, 0.717) is 12.8 Å². The van der Waals surface area contributed by atoms with Crippen LogP contribution in [0, 0.1) is 5.41 Å². The van der Waals surface area contributed by atoms with E-state index in [1.54, 1.807) is 0 Å². The lowest BCUT2D eigenvalue weighted by Gasteiger charge is -2.48. The molecule has 0 atom stereocenters. The van der Waals surface area contributed by atoms with Crippen LogP contribution in [0.15, 0.2) is 0 Å². The molecule has 98 valence electrons. The number of nitrogens with two attached hydrogens (primary N) is 1. The Balaban J connectivity index is 2.42. The molecular weight excluding hydrogens is 238 g/mol. The summed E-state index contributed by atoms with van der Waals surface area (Å²) in [6.45, 7) is 2.77. The highest BCUT2D eigenvalue weighted by molar-refractivity contribution is 6.21. The fourth-order valence-corrected chi connectivity index (χ4v) is 2.27. The zero-order chi connectivity index (χ0) is 13.7. The fraction of sp³-hybridized carbons (Fsp3) is 0.636. The molecule has 0 unspecified atom stereocenters. The maximum atomic E-state index is 12.3. The Morgan fingerprint density at radius 3 is 2.28 bits per heavy atom. The lowest BCUT2D eigenvalue weighted by atomic mass is 9.65. The van der Waals surface area contributed by atoms with Gasteiger partial charge in [0.2, 0.25) is 17.7 Å². The van der Waals surface area contributed by atoms with E-state index < -0.39 is 34.7 Å². The summed E-state index contributed by atoms with van der Waals surface area (Å²) in [5.74, 6) is -1.98. The second-order valence-corrected chi connectivity index (χ2v) is 5.26. The standard InChI is InChI=1S/C11H15N3O4/c1-10(2,6(12)15)14-8(17)11(4-3-5-11)7(16)13-9(14)18/h3-5H2,1-2H3,(H2,12,15)(H,13,16,18). The van der Waals surface area contributed by atoms with Gasteiger partial charge in [0.15, 0.2) is 0 Å². The third kappa shape index (κ3) is 1.36. The van der Waals surface area contributed by atoms with E-state index in [4.69, 9.17) is 5.73 Å². The van der Waals surface area contributed by atoms with Gasteiger partial charge in [-0.05, 0) is 26.7 Å². The number of nitrogens with zero attached hydrogens (tertiary/aromatic N) is 1. The molecule has 0 aromatic heterocycles. The molecule has 2 fully saturated rings. The summed E-state index contributed by atoms with van der Waals surface area (Å²) in [7, 11) is 0. The topological polar surface area (TPSA) is 110 Å². The lowest BCUT2D eigenvalue weighted by molar-refractivity contribution is -0.163. The Labute approximate surface area is 104 Å². The van der Waals surface area contributed by atoms with Gasteiger partial charge in [-0.2, -0.15) is 0 Å². The van der Waals surface area contributed by atoms with Gasteiger partial charge in [-0.1, -0.05) is 6.42 Å². The van der Waals surface area contributed by atoms with Crippen molar-refractivity contribution in [3.8, 4) is 0 Å². The first kappa shape index (κ1) is 12.5. The molecule has 5 amide bonds. The third-order valence-electron chi connectivity index (χ3n) is 3.84. The van der Waals surface area contributed by atoms with Gasteiger partial charge in [0.05, 0.1) is 0 Å². The molecule has 2 aliphatic rings. The Hall–Kier alpha value is -1.92. The van der Waals surface area contributed by atoms with Crippen molar-refractivity contribution >= 4 is 23.8 Å². The molecule has 1 saturated heterocycles. The largest absolute Gasteiger partial charge is 0.368 e. The van der Waals surface area contributed by atoms with Crippen LogP contribution in [-0.2, 0) is 14.4 Å². The second-order valence-electron chi connectivity index (χ2n) is 5.26. The maximum Gasteiger partial charge on any atom is 0.331 e. The molecule has 1 aliphatic heterocycles. The smallest absolute Gasteiger partial charge is 0.331 e. The molecule has 7 nitrogen and oxygen atoms in total. The summed E-state index contributed by atoms with van der Waals surface area (Å²) in [5.41, 5.74) is 2.58. The molecule has 2 rings (SSSR count). The minimum Gasteiger partial charge on any atom is -0.368 e. The molecule has 1 aliphatic carbocycles. The van der Waals surface area contributed by atoms with Gasteiger partial charge in [0.1, 0.15) is 11.0 Å². The number of hydrogen-bond donors (Lipinski definition) is 2. The van der Waals surface area contributed by atoms with Gasteiger partial charge in [-0.3, -0.25) is 19.7 Å². The molecule has 0 bridgehead atoms. The van der Waals surface area contributed by atoms with Crippen molar-refractivity contribution < 1.29 is 19.2 Å². The molecule has 0 aromatic carbocycles. The highest BCUT2D eigenvalue weighted by Crippen LogP contribution is 2.45. The summed E-state index contributed by atoms with van der Waals surface area (Å²) in [6, 6.07) is -0.883. The number of primary amides is 1. The summed E-state index contributed by atoms with van der Waals surface area (Å²) >= 11 is 0. The van der Waals surface area contributed by atoms with Gasteiger partial charge in [0, 0.05) is 0 Å². The highest BCUT2D eigenvalue weighted by Gasteiger charge is 2.60. The van der Waals surface area contributed by atoms with Crippen molar-refractivity contribution in [3.63, 3.8) is 0 Å². The molecule has 1 heterocycles. The van der Waals surface area contributed by atoms with Crippen LogP contribution in [0.4, 0.5) is 4.79 Å². The van der Waals surface area contributed by atoms with E-state index in [2.05, 4.69) is 5.32 Å². The Kier molecular flexibility index (Phi) is 2.46. The zero-order valence-corrected chi connectivity index (χ0v) is 10.3.